The van der Waals surface area contributed by atoms with E-state index in [4.69, 9.17) is 9.47 Å². The van der Waals surface area contributed by atoms with Crippen LogP contribution in [0.1, 0.15) is 57.6 Å². The molecule has 168 valence electrons. The summed E-state index contributed by atoms with van der Waals surface area (Å²) in [6.45, 7) is 9.90. The van der Waals surface area contributed by atoms with Crippen molar-refractivity contribution >= 4 is 11.9 Å². The number of rotatable bonds is 7. The first-order valence-electron chi connectivity index (χ1n) is 10.5. The summed E-state index contributed by atoms with van der Waals surface area (Å²) in [4.78, 5) is 30.5. The number of nitrogens with zero attached hydrogens (tertiary/aromatic N) is 1. The van der Waals surface area contributed by atoms with Crippen molar-refractivity contribution in [2.75, 3.05) is 32.8 Å². The smallest absolute Gasteiger partial charge is 0.340 e. The van der Waals surface area contributed by atoms with Crippen LogP contribution in [0.5, 0.6) is 0 Å². The molecule has 7 nitrogen and oxygen atoms in total. The number of H-pyrrole nitrogens is 1. The van der Waals surface area contributed by atoms with Gasteiger partial charge in [0.05, 0.1) is 30.9 Å². The summed E-state index contributed by atoms with van der Waals surface area (Å²) in [5.74, 6) is -1.09. The Labute approximate surface area is 181 Å². The Morgan fingerprint density at radius 3 is 2.61 bits per heavy atom. The molecule has 1 aliphatic rings. The van der Waals surface area contributed by atoms with Gasteiger partial charge in [-0.1, -0.05) is 12.1 Å². The third kappa shape index (κ3) is 5.51. The van der Waals surface area contributed by atoms with Crippen LogP contribution < -0.4 is 5.32 Å². The second kappa shape index (κ2) is 10.1. The predicted octanol–water partition coefficient (Wildman–Crippen LogP) is 3.14. The summed E-state index contributed by atoms with van der Waals surface area (Å²) in [6.07, 6.45) is -0.251. The van der Waals surface area contributed by atoms with Gasteiger partial charge in [0.2, 0.25) is 0 Å². The van der Waals surface area contributed by atoms with Gasteiger partial charge in [-0.25, -0.2) is 9.18 Å². The number of aromatic nitrogens is 1. The van der Waals surface area contributed by atoms with Crippen molar-refractivity contribution < 1.29 is 23.5 Å². The lowest BCUT2D eigenvalue weighted by atomic mass is 10.0. The van der Waals surface area contributed by atoms with Gasteiger partial charge in [-0.05, 0) is 51.0 Å². The number of benzene rings is 1. The van der Waals surface area contributed by atoms with Crippen LogP contribution in [0.3, 0.4) is 0 Å². The summed E-state index contributed by atoms with van der Waals surface area (Å²) >= 11 is 0. The van der Waals surface area contributed by atoms with Gasteiger partial charge in [0.15, 0.2) is 0 Å². The zero-order chi connectivity index (χ0) is 22.5. The topological polar surface area (TPSA) is 83.7 Å². The highest BCUT2D eigenvalue weighted by molar-refractivity contribution is 6.00. The second-order valence-electron chi connectivity index (χ2n) is 8.01. The first-order chi connectivity index (χ1) is 14.8. The van der Waals surface area contributed by atoms with E-state index in [2.05, 4.69) is 15.2 Å². The van der Waals surface area contributed by atoms with Crippen LogP contribution in [0.4, 0.5) is 4.39 Å². The van der Waals surface area contributed by atoms with Crippen LogP contribution in [-0.4, -0.2) is 60.7 Å². The first kappa shape index (κ1) is 23.0. The van der Waals surface area contributed by atoms with Gasteiger partial charge in [-0.15, -0.1) is 0 Å². The van der Waals surface area contributed by atoms with Crippen LogP contribution in [-0.2, 0) is 9.47 Å². The van der Waals surface area contributed by atoms with Gasteiger partial charge in [0.25, 0.3) is 5.91 Å². The highest BCUT2D eigenvalue weighted by Gasteiger charge is 2.26. The molecule has 1 saturated heterocycles. The van der Waals surface area contributed by atoms with Crippen LogP contribution >= 0.6 is 0 Å². The number of ether oxygens (including phenoxy) is 2. The van der Waals surface area contributed by atoms with Gasteiger partial charge in [-0.3, -0.25) is 9.69 Å². The zero-order valence-electron chi connectivity index (χ0n) is 18.5. The fourth-order valence-corrected chi connectivity index (χ4v) is 3.89. The molecule has 8 heteroatoms. The van der Waals surface area contributed by atoms with Gasteiger partial charge in [-0.2, -0.15) is 0 Å². The molecule has 3 rings (SSSR count). The maximum absolute atomic E-state index is 13.8. The number of carbonyl (C=O) groups is 2. The molecule has 1 fully saturated rings. The summed E-state index contributed by atoms with van der Waals surface area (Å²) in [7, 11) is 0. The molecular weight excluding hydrogens is 401 g/mol. The van der Waals surface area contributed by atoms with E-state index in [9.17, 15) is 14.0 Å². The van der Waals surface area contributed by atoms with Gasteiger partial charge < -0.3 is 19.8 Å². The molecule has 31 heavy (non-hydrogen) atoms. The fraction of sp³-hybridized carbons (Fsp3) is 0.478. The van der Waals surface area contributed by atoms with Crippen molar-refractivity contribution in [1.29, 1.82) is 0 Å². The van der Waals surface area contributed by atoms with Crippen molar-refractivity contribution in [3.8, 4) is 0 Å². The molecule has 1 aromatic carbocycles. The van der Waals surface area contributed by atoms with Crippen LogP contribution in [0.2, 0.25) is 0 Å². The van der Waals surface area contributed by atoms with Crippen molar-refractivity contribution in [3.63, 3.8) is 0 Å². The highest BCUT2D eigenvalue weighted by atomic mass is 19.1. The summed E-state index contributed by atoms with van der Waals surface area (Å²) in [6, 6.07) is 6.24. The van der Waals surface area contributed by atoms with Crippen LogP contribution in [0.15, 0.2) is 24.3 Å². The lowest BCUT2D eigenvalue weighted by molar-refractivity contribution is 0.0161. The Kier molecular flexibility index (Phi) is 7.46. The largest absolute Gasteiger partial charge is 0.459 e. The average molecular weight is 432 g/mol. The first-order valence-corrected chi connectivity index (χ1v) is 10.5. The number of aromatic amines is 1. The van der Waals surface area contributed by atoms with Crippen molar-refractivity contribution in [2.24, 2.45) is 0 Å². The second-order valence-corrected chi connectivity index (χ2v) is 8.01. The monoisotopic (exact) mass is 431 g/mol. The Morgan fingerprint density at radius 2 is 1.97 bits per heavy atom. The maximum atomic E-state index is 13.8. The fourth-order valence-electron chi connectivity index (χ4n) is 3.89. The van der Waals surface area contributed by atoms with Gasteiger partial charge in [0, 0.05) is 25.3 Å². The van der Waals surface area contributed by atoms with E-state index in [-0.39, 0.29) is 23.9 Å². The van der Waals surface area contributed by atoms with E-state index < -0.39 is 5.97 Å². The van der Waals surface area contributed by atoms with Crippen LogP contribution in [0.25, 0.3) is 0 Å². The van der Waals surface area contributed by atoms with E-state index in [0.717, 1.165) is 5.56 Å². The van der Waals surface area contributed by atoms with Crippen molar-refractivity contribution in [3.05, 3.63) is 58.2 Å². The third-order valence-electron chi connectivity index (χ3n) is 5.39. The number of aryl methyl sites for hydroxylation is 1. The molecule has 1 aliphatic heterocycles. The molecule has 0 aliphatic carbocycles. The van der Waals surface area contributed by atoms with E-state index in [1.54, 1.807) is 33.8 Å². The molecule has 1 unspecified atom stereocenters. The molecule has 1 amide bonds. The molecular formula is C23H30FN3O4. The van der Waals surface area contributed by atoms with E-state index >= 15 is 0 Å². The third-order valence-corrected chi connectivity index (χ3v) is 5.39. The summed E-state index contributed by atoms with van der Waals surface area (Å²) in [5, 5.41) is 2.95. The standard InChI is InChI=1S/C23H30FN3O4/c1-14(2)31-23(29)20-15(3)21(26-16(20)4)22(28)25-13-19(27-8-10-30-11-9-27)17-6-5-7-18(24)12-17/h5-7,12,14,19,26H,8-11,13H2,1-4H3,(H,25,28). The SMILES string of the molecule is Cc1[nH]c(C(=O)NCC(c2cccc(F)c2)N2CCOCC2)c(C)c1C(=O)OC(C)C. The number of amides is 1. The van der Waals surface area contributed by atoms with Crippen molar-refractivity contribution in [1.82, 2.24) is 15.2 Å². The molecule has 1 atom stereocenters. The Morgan fingerprint density at radius 1 is 1.26 bits per heavy atom. The maximum Gasteiger partial charge on any atom is 0.340 e. The molecule has 0 radical (unpaired) electrons. The molecule has 1 aromatic heterocycles. The number of morpholine rings is 1. The number of nitrogens with one attached hydrogen (secondary N) is 2. The minimum Gasteiger partial charge on any atom is -0.459 e. The quantitative estimate of drug-likeness (QED) is 0.658. The van der Waals surface area contributed by atoms with Gasteiger partial charge >= 0.3 is 5.97 Å². The number of halogens is 1. The zero-order valence-corrected chi connectivity index (χ0v) is 18.5. The Bertz CT molecular complexity index is 935. The van der Waals surface area contributed by atoms with Gasteiger partial charge in [0.1, 0.15) is 11.5 Å². The molecule has 0 bridgehead atoms. The highest BCUT2D eigenvalue weighted by Crippen LogP contribution is 2.23. The Balaban J connectivity index is 1.77. The molecule has 2 N–H and O–H groups in total. The lowest BCUT2D eigenvalue weighted by Crippen LogP contribution is -2.44. The molecule has 0 spiro atoms. The summed E-state index contributed by atoms with van der Waals surface area (Å²) < 4.78 is 24.6. The Hall–Kier alpha value is -2.71. The van der Waals surface area contributed by atoms with E-state index in [0.29, 0.717) is 55.4 Å². The number of carbonyl (C=O) groups excluding carboxylic acids is 2. The molecule has 0 saturated carbocycles. The van der Waals surface area contributed by atoms with Crippen LogP contribution in [0, 0.1) is 19.7 Å². The lowest BCUT2D eigenvalue weighted by Gasteiger charge is -2.35. The molecule has 2 heterocycles. The normalized spacial score (nSPS) is 15.7. The van der Waals surface area contributed by atoms with E-state index in [1.165, 1.54) is 12.1 Å². The predicted molar refractivity (Wildman–Crippen MR) is 115 cm³/mol. The minimum atomic E-state index is -0.453. The van der Waals surface area contributed by atoms with E-state index in [1.807, 2.05) is 6.07 Å². The van der Waals surface area contributed by atoms with Crippen molar-refractivity contribution in [2.45, 2.75) is 39.8 Å². The number of hydrogen-bond donors (Lipinski definition) is 2. The number of esters is 1. The minimum absolute atomic E-state index is 0.190. The average Bonchev–Trinajstić information content (AvgIpc) is 3.02. The number of hydrogen-bond acceptors (Lipinski definition) is 5. The molecule has 2 aromatic rings. The summed E-state index contributed by atoms with van der Waals surface area (Å²) in [5.41, 5.74) is 2.64.